The Morgan fingerprint density at radius 2 is 1.14 bits per heavy atom. The first-order valence-electron chi connectivity index (χ1n) is 7.47. The molecule has 102 valence electrons. The molecule has 0 radical (unpaired) electrons. The van der Waals surface area contributed by atoms with Crippen LogP contribution in [0.1, 0.15) is 36.2 Å². The van der Waals surface area contributed by atoms with Crippen molar-refractivity contribution in [2.24, 2.45) is 0 Å². The van der Waals surface area contributed by atoms with Crippen molar-refractivity contribution in [2.75, 3.05) is 0 Å². The highest BCUT2D eigenvalue weighted by atomic mass is 16.5. The summed E-state index contributed by atoms with van der Waals surface area (Å²) in [5.74, 6) is 0. The van der Waals surface area contributed by atoms with Gasteiger partial charge in [-0.25, -0.2) is 0 Å². The van der Waals surface area contributed by atoms with Crippen molar-refractivity contribution in [3.8, 4) is 0 Å². The van der Waals surface area contributed by atoms with E-state index < -0.39 is 0 Å². The monoisotopic (exact) mass is 274 g/mol. The maximum absolute atomic E-state index is 12.9. The lowest BCUT2D eigenvalue weighted by atomic mass is 9.89. The summed E-state index contributed by atoms with van der Waals surface area (Å²) in [6.07, 6.45) is 2.44. The molecule has 2 atom stereocenters. The standard InChI is InChI=1S/C19H14O2/c20-19-13-7-3-1-5-11(13)17-15-9-10-16(21-15)18(17)12-6-2-4-8-14(12)19/h1-8,15-16H,9-10H2/t15-,16-/m0/s1. The van der Waals surface area contributed by atoms with E-state index in [4.69, 9.17) is 4.74 Å². The summed E-state index contributed by atoms with van der Waals surface area (Å²) in [4.78, 5) is 12.9. The molecule has 0 amide bonds. The first-order valence-corrected chi connectivity index (χ1v) is 7.47. The van der Waals surface area contributed by atoms with Gasteiger partial charge in [0.1, 0.15) is 0 Å². The topological polar surface area (TPSA) is 26.3 Å². The third-order valence-electron chi connectivity index (χ3n) is 4.88. The second-order valence-electron chi connectivity index (χ2n) is 5.94. The fraction of sp³-hybridized carbons (Fsp3) is 0.211. The number of hydrogen-bond donors (Lipinski definition) is 0. The maximum Gasteiger partial charge on any atom is 0.194 e. The SMILES string of the molecule is O=c1c2ccccc2c2c(c3ccccc13)[C@@H]1CC[C@@H]2O1. The molecule has 1 saturated heterocycles. The zero-order valence-electron chi connectivity index (χ0n) is 11.5. The fourth-order valence-corrected chi connectivity index (χ4v) is 4.02. The number of hydrogen-bond acceptors (Lipinski definition) is 2. The summed E-state index contributed by atoms with van der Waals surface area (Å²) < 4.78 is 6.14. The average Bonchev–Trinajstić information content (AvgIpc) is 3.12. The summed E-state index contributed by atoms with van der Waals surface area (Å²) in [7, 11) is 0. The van der Waals surface area contributed by atoms with E-state index in [2.05, 4.69) is 12.1 Å². The van der Waals surface area contributed by atoms with Gasteiger partial charge in [-0.2, -0.15) is 0 Å². The summed E-state index contributed by atoms with van der Waals surface area (Å²) in [6, 6.07) is 15.9. The summed E-state index contributed by atoms with van der Waals surface area (Å²) in [5, 5.41) is 3.76. The van der Waals surface area contributed by atoms with Gasteiger partial charge in [-0.3, -0.25) is 4.79 Å². The number of fused-ring (bicyclic) bond motifs is 9. The van der Waals surface area contributed by atoms with Crippen LogP contribution in [-0.4, -0.2) is 0 Å². The minimum Gasteiger partial charge on any atom is -0.366 e. The Kier molecular flexibility index (Phi) is 2.14. The van der Waals surface area contributed by atoms with Gasteiger partial charge in [-0.15, -0.1) is 0 Å². The molecule has 0 spiro atoms. The van der Waals surface area contributed by atoms with Gasteiger partial charge in [0, 0.05) is 10.8 Å². The maximum atomic E-state index is 12.9. The predicted octanol–water partition coefficient (Wildman–Crippen LogP) is 4.26. The number of benzene rings is 2. The summed E-state index contributed by atoms with van der Waals surface area (Å²) >= 11 is 0. The van der Waals surface area contributed by atoms with Gasteiger partial charge in [0.2, 0.25) is 0 Å². The van der Waals surface area contributed by atoms with Crippen LogP contribution >= 0.6 is 0 Å². The van der Waals surface area contributed by atoms with E-state index in [1.165, 1.54) is 11.1 Å². The van der Waals surface area contributed by atoms with E-state index in [1.54, 1.807) is 0 Å². The highest BCUT2D eigenvalue weighted by Crippen LogP contribution is 2.53. The second kappa shape index (κ2) is 3.92. The molecule has 0 aliphatic carbocycles. The Bertz CT molecular complexity index is 883. The van der Waals surface area contributed by atoms with Gasteiger partial charge in [-0.05, 0) is 34.7 Å². The van der Waals surface area contributed by atoms with E-state index >= 15 is 0 Å². The van der Waals surface area contributed by atoms with E-state index in [0.29, 0.717) is 0 Å². The van der Waals surface area contributed by atoms with Crippen molar-refractivity contribution in [3.63, 3.8) is 0 Å². The Hall–Kier alpha value is -2.19. The van der Waals surface area contributed by atoms with Gasteiger partial charge < -0.3 is 4.74 Å². The third-order valence-corrected chi connectivity index (χ3v) is 4.88. The molecular weight excluding hydrogens is 260 g/mol. The van der Waals surface area contributed by atoms with E-state index in [0.717, 1.165) is 34.4 Å². The van der Waals surface area contributed by atoms with Gasteiger partial charge in [0.25, 0.3) is 0 Å². The smallest absolute Gasteiger partial charge is 0.194 e. The fourth-order valence-electron chi connectivity index (χ4n) is 4.02. The zero-order valence-corrected chi connectivity index (χ0v) is 11.5. The molecule has 2 nitrogen and oxygen atoms in total. The molecule has 0 unspecified atom stereocenters. The summed E-state index contributed by atoms with van der Waals surface area (Å²) in [6.45, 7) is 0. The van der Waals surface area contributed by atoms with Crippen LogP contribution in [-0.2, 0) is 4.74 Å². The minimum atomic E-state index is 0.134. The van der Waals surface area contributed by atoms with Crippen molar-refractivity contribution in [1.82, 2.24) is 0 Å². The molecule has 3 aromatic rings. The number of rotatable bonds is 0. The molecule has 5 rings (SSSR count). The quantitative estimate of drug-likeness (QED) is 0.612. The molecule has 0 saturated carbocycles. The van der Waals surface area contributed by atoms with E-state index in [1.807, 2.05) is 36.4 Å². The van der Waals surface area contributed by atoms with Crippen molar-refractivity contribution in [1.29, 1.82) is 0 Å². The van der Waals surface area contributed by atoms with Crippen LogP contribution in [0.25, 0.3) is 21.5 Å². The van der Waals surface area contributed by atoms with Gasteiger partial charge >= 0.3 is 0 Å². The minimum absolute atomic E-state index is 0.134. The lowest BCUT2D eigenvalue weighted by Gasteiger charge is -2.11. The van der Waals surface area contributed by atoms with Crippen LogP contribution in [0.15, 0.2) is 53.3 Å². The molecular formula is C19H14O2. The molecule has 2 aliphatic heterocycles. The normalized spacial score (nSPS) is 22.9. The van der Waals surface area contributed by atoms with Gasteiger partial charge in [0.05, 0.1) is 12.2 Å². The molecule has 0 aromatic heterocycles. The average molecular weight is 274 g/mol. The Morgan fingerprint density at radius 1 is 0.714 bits per heavy atom. The molecule has 0 N–H and O–H groups in total. The molecule has 2 heterocycles. The molecule has 21 heavy (non-hydrogen) atoms. The van der Waals surface area contributed by atoms with Crippen molar-refractivity contribution >= 4 is 21.5 Å². The van der Waals surface area contributed by atoms with E-state index in [9.17, 15) is 4.79 Å². The molecule has 1 fully saturated rings. The first kappa shape index (κ1) is 11.5. The molecule has 2 aliphatic rings. The second-order valence-corrected chi connectivity index (χ2v) is 5.94. The van der Waals surface area contributed by atoms with Crippen LogP contribution < -0.4 is 5.43 Å². The van der Waals surface area contributed by atoms with Gasteiger partial charge in [0.15, 0.2) is 5.43 Å². The third kappa shape index (κ3) is 1.38. The molecule has 2 heteroatoms. The van der Waals surface area contributed by atoms with Crippen molar-refractivity contribution < 1.29 is 4.74 Å². The van der Waals surface area contributed by atoms with Crippen LogP contribution in [0, 0.1) is 0 Å². The van der Waals surface area contributed by atoms with Crippen molar-refractivity contribution in [3.05, 3.63) is 69.9 Å². The van der Waals surface area contributed by atoms with Gasteiger partial charge in [-0.1, -0.05) is 48.5 Å². The highest BCUT2D eigenvalue weighted by Gasteiger charge is 2.40. The lowest BCUT2D eigenvalue weighted by Crippen LogP contribution is -1.98. The zero-order chi connectivity index (χ0) is 14.0. The van der Waals surface area contributed by atoms with Crippen LogP contribution in [0.4, 0.5) is 0 Å². The number of ether oxygens (including phenoxy) is 1. The lowest BCUT2D eigenvalue weighted by molar-refractivity contribution is 0.0725. The first-order chi connectivity index (χ1) is 10.3. The van der Waals surface area contributed by atoms with Crippen molar-refractivity contribution in [2.45, 2.75) is 25.0 Å². The summed E-state index contributed by atoms with van der Waals surface area (Å²) in [5.41, 5.74) is 2.63. The van der Waals surface area contributed by atoms with Crippen LogP contribution in [0.2, 0.25) is 0 Å². The van der Waals surface area contributed by atoms with E-state index in [-0.39, 0.29) is 17.6 Å². The Morgan fingerprint density at radius 3 is 1.62 bits per heavy atom. The largest absolute Gasteiger partial charge is 0.366 e. The molecule has 3 aromatic carbocycles. The molecule has 2 bridgehead atoms. The van der Waals surface area contributed by atoms with Crippen LogP contribution in [0.5, 0.6) is 0 Å². The predicted molar refractivity (Wildman–Crippen MR) is 83.5 cm³/mol. The van der Waals surface area contributed by atoms with Crippen LogP contribution in [0.3, 0.4) is 0 Å². The Labute approximate surface area is 122 Å². The Balaban J connectivity index is 2.16. The highest BCUT2D eigenvalue weighted by molar-refractivity contribution is 5.98.